The number of esters is 3. The number of ether oxygens (including phenoxy) is 3. The average Bonchev–Trinajstić information content (AvgIpc) is 3.36. The van der Waals surface area contributed by atoms with Gasteiger partial charge in [-0.25, -0.2) is 0 Å². The molecular formula is C64H114O6. The van der Waals surface area contributed by atoms with Gasteiger partial charge in [0.2, 0.25) is 0 Å². The van der Waals surface area contributed by atoms with Gasteiger partial charge in [0.05, 0.1) is 0 Å². The monoisotopic (exact) mass is 979 g/mol. The third kappa shape index (κ3) is 56.0. The van der Waals surface area contributed by atoms with Gasteiger partial charge in [0.15, 0.2) is 6.10 Å². The maximum atomic E-state index is 12.9. The maximum absolute atomic E-state index is 12.9. The van der Waals surface area contributed by atoms with Gasteiger partial charge in [-0.3, -0.25) is 14.4 Å². The van der Waals surface area contributed by atoms with Crippen molar-refractivity contribution in [1.82, 2.24) is 0 Å². The highest BCUT2D eigenvalue weighted by molar-refractivity contribution is 5.71. The van der Waals surface area contributed by atoms with Crippen LogP contribution in [0.1, 0.15) is 310 Å². The molecule has 0 fully saturated rings. The minimum absolute atomic E-state index is 0.0781. The van der Waals surface area contributed by atoms with Crippen LogP contribution in [0.2, 0.25) is 0 Å². The first-order valence-electron chi connectivity index (χ1n) is 30.3. The first-order valence-corrected chi connectivity index (χ1v) is 30.3. The summed E-state index contributed by atoms with van der Waals surface area (Å²) >= 11 is 0. The Kier molecular flexibility index (Phi) is 56.3. The van der Waals surface area contributed by atoms with Crippen molar-refractivity contribution >= 4 is 17.9 Å². The molecule has 0 aliphatic heterocycles. The standard InChI is InChI=1S/C64H114O6/c1-4-7-10-13-16-19-22-25-28-30-32-34-36-39-42-45-48-51-54-57-63(66)69-60-61(59-68-62(65)56-53-50-47-44-41-38-27-24-21-18-15-12-9-6-3)70-64(67)58-55-52-49-46-43-40-37-35-33-31-29-26-23-20-17-14-11-8-5-2/h16-17,19-20,25-26,28-29,33,35,61H,4-15,18,21-24,27,30-32,34,36-60H2,1-3H3/b19-16-,20-17-,28-25-,29-26-,35-33-/t61-/m1/s1. The zero-order chi connectivity index (χ0) is 50.7. The molecule has 0 bridgehead atoms. The van der Waals surface area contributed by atoms with Gasteiger partial charge in [0.25, 0.3) is 0 Å². The summed E-state index contributed by atoms with van der Waals surface area (Å²) in [5, 5.41) is 0. The van der Waals surface area contributed by atoms with Gasteiger partial charge >= 0.3 is 17.9 Å². The number of carbonyl (C=O) groups excluding carboxylic acids is 3. The van der Waals surface area contributed by atoms with E-state index in [0.29, 0.717) is 19.3 Å². The highest BCUT2D eigenvalue weighted by atomic mass is 16.6. The van der Waals surface area contributed by atoms with Gasteiger partial charge in [-0.2, -0.15) is 0 Å². The summed E-state index contributed by atoms with van der Waals surface area (Å²) in [7, 11) is 0. The Labute approximate surface area is 434 Å². The van der Waals surface area contributed by atoms with Gasteiger partial charge in [-0.15, -0.1) is 0 Å². The van der Waals surface area contributed by atoms with Crippen LogP contribution in [0.4, 0.5) is 0 Å². The Morgan fingerprint density at radius 1 is 0.286 bits per heavy atom. The molecule has 0 radical (unpaired) electrons. The molecule has 0 amide bonds. The molecule has 0 spiro atoms. The molecule has 0 rings (SSSR count). The van der Waals surface area contributed by atoms with E-state index in [1.165, 1.54) is 180 Å². The summed E-state index contributed by atoms with van der Waals surface area (Å²) in [5.74, 6) is -0.880. The lowest BCUT2D eigenvalue weighted by molar-refractivity contribution is -0.167. The third-order valence-corrected chi connectivity index (χ3v) is 13.2. The average molecular weight is 980 g/mol. The van der Waals surface area contributed by atoms with E-state index < -0.39 is 6.10 Å². The molecular weight excluding hydrogens is 865 g/mol. The van der Waals surface area contributed by atoms with Gasteiger partial charge < -0.3 is 14.2 Å². The molecule has 0 N–H and O–H groups in total. The van der Waals surface area contributed by atoms with Crippen LogP contribution in [0.15, 0.2) is 60.8 Å². The molecule has 0 unspecified atom stereocenters. The molecule has 0 aliphatic carbocycles. The normalized spacial score (nSPS) is 12.4. The summed E-state index contributed by atoms with van der Waals surface area (Å²) in [4.78, 5) is 38.2. The minimum Gasteiger partial charge on any atom is -0.462 e. The highest BCUT2D eigenvalue weighted by Crippen LogP contribution is 2.16. The lowest BCUT2D eigenvalue weighted by atomic mass is 10.0. The van der Waals surface area contributed by atoms with E-state index in [2.05, 4.69) is 81.5 Å². The zero-order valence-corrected chi connectivity index (χ0v) is 46.5. The summed E-state index contributed by atoms with van der Waals surface area (Å²) in [6.45, 7) is 6.61. The molecule has 0 aromatic heterocycles. The largest absolute Gasteiger partial charge is 0.462 e. The van der Waals surface area contributed by atoms with E-state index in [-0.39, 0.29) is 31.1 Å². The molecule has 0 aromatic carbocycles. The minimum atomic E-state index is -0.782. The predicted molar refractivity (Wildman–Crippen MR) is 302 cm³/mol. The van der Waals surface area contributed by atoms with Crippen LogP contribution in [0.25, 0.3) is 0 Å². The predicted octanol–water partition coefficient (Wildman–Crippen LogP) is 20.4. The Morgan fingerprint density at radius 3 is 0.829 bits per heavy atom. The lowest BCUT2D eigenvalue weighted by Gasteiger charge is -2.18. The second kappa shape index (κ2) is 58.7. The summed E-state index contributed by atoms with van der Waals surface area (Å²) in [6.07, 6.45) is 73.5. The number of allylic oxidation sites excluding steroid dienone is 10. The van der Waals surface area contributed by atoms with Crippen molar-refractivity contribution < 1.29 is 28.6 Å². The zero-order valence-electron chi connectivity index (χ0n) is 46.5. The van der Waals surface area contributed by atoms with Gasteiger partial charge in [0.1, 0.15) is 13.2 Å². The molecule has 0 heterocycles. The van der Waals surface area contributed by atoms with E-state index in [1.807, 2.05) is 0 Å². The second-order valence-electron chi connectivity index (χ2n) is 20.3. The number of hydrogen-bond acceptors (Lipinski definition) is 6. The van der Waals surface area contributed by atoms with E-state index in [0.717, 1.165) is 89.9 Å². The molecule has 0 saturated carbocycles. The molecule has 0 aliphatic rings. The van der Waals surface area contributed by atoms with Crippen molar-refractivity contribution in [3.05, 3.63) is 60.8 Å². The smallest absolute Gasteiger partial charge is 0.306 e. The quantitative estimate of drug-likeness (QED) is 0.0261. The van der Waals surface area contributed by atoms with Crippen molar-refractivity contribution in [3.63, 3.8) is 0 Å². The topological polar surface area (TPSA) is 78.9 Å². The van der Waals surface area contributed by atoms with Crippen LogP contribution >= 0.6 is 0 Å². The Balaban J connectivity index is 4.38. The molecule has 1 atom stereocenters. The molecule has 6 nitrogen and oxygen atoms in total. The fourth-order valence-corrected chi connectivity index (χ4v) is 8.66. The summed E-state index contributed by atoms with van der Waals surface area (Å²) < 4.78 is 16.9. The molecule has 0 saturated heterocycles. The first-order chi connectivity index (χ1) is 34.5. The first kappa shape index (κ1) is 67.1. The van der Waals surface area contributed by atoms with Crippen LogP contribution in [-0.2, 0) is 28.6 Å². The van der Waals surface area contributed by atoms with Gasteiger partial charge in [-0.1, -0.05) is 261 Å². The lowest BCUT2D eigenvalue weighted by Crippen LogP contribution is -2.30. The van der Waals surface area contributed by atoms with Crippen molar-refractivity contribution in [3.8, 4) is 0 Å². The highest BCUT2D eigenvalue weighted by Gasteiger charge is 2.19. The van der Waals surface area contributed by atoms with Crippen LogP contribution in [-0.4, -0.2) is 37.2 Å². The van der Waals surface area contributed by atoms with E-state index >= 15 is 0 Å². The number of carbonyl (C=O) groups is 3. The van der Waals surface area contributed by atoms with Crippen LogP contribution in [0.5, 0.6) is 0 Å². The molecule has 0 aromatic rings. The molecule has 6 heteroatoms. The van der Waals surface area contributed by atoms with Crippen molar-refractivity contribution in [2.24, 2.45) is 0 Å². The molecule has 406 valence electrons. The van der Waals surface area contributed by atoms with Crippen LogP contribution in [0, 0.1) is 0 Å². The maximum Gasteiger partial charge on any atom is 0.306 e. The van der Waals surface area contributed by atoms with Gasteiger partial charge in [0, 0.05) is 19.3 Å². The third-order valence-electron chi connectivity index (χ3n) is 13.2. The SMILES string of the molecule is CCCCC/C=C\C/C=C\C/C=C\CCCCCCCCC(=O)O[C@@H](COC(=O)CCCCCCCCCCC/C=C\C/C=C\CCCCC)COC(=O)CCCCCCCCCCCCCCCC. The van der Waals surface area contributed by atoms with E-state index in [9.17, 15) is 14.4 Å². The van der Waals surface area contributed by atoms with Crippen LogP contribution in [0.3, 0.4) is 0 Å². The summed E-state index contributed by atoms with van der Waals surface area (Å²) in [5.41, 5.74) is 0. The van der Waals surface area contributed by atoms with E-state index in [1.54, 1.807) is 0 Å². The number of unbranched alkanes of at least 4 members (excludes halogenated alkanes) is 34. The van der Waals surface area contributed by atoms with Crippen molar-refractivity contribution in [1.29, 1.82) is 0 Å². The van der Waals surface area contributed by atoms with E-state index in [4.69, 9.17) is 14.2 Å². The fraction of sp³-hybridized carbons (Fsp3) is 0.797. The molecule has 70 heavy (non-hydrogen) atoms. The second-order valence-corrected chi connectivity index (χ2v) is 20.3. The Bertz CT molecular complexity index is 1260. The fourth-order valence-electron chi connectivity index (χ4n) is 8.66. The number of rotatable bonds is 55. The Morgan fingerprint density at radius 2 is 0.514 bits per heavy atom. The Hall–Kier alpha value is -2.89. The van der Waals surface area contributed by atoms with Crippen molar-refractivity contribution in [2.45, 2.75) is 316 Å². The van der Waals surface area contributed by atoms with Crippen LogP contribution < -0.4 is 0 Å². The number of hydrogen-bond donors (Lipinski definition) is 0. The van der Waals surface area contributed by atoms with Crippen molar-refractivity contribution in [2.75, 3.05) is 13.2 Å². The van der Waals surface area contributed by atoms with Gasteiger partial charge in [-0.05, 0) is 89.9 Å². The summed E-state index contributed by atoms with van der Waals surface area (Å²) in [6, 6.07) is 0.